The van der Waals surface area contributed by atoms with Crippen molar-refractivity contribution in [3.05, 3.63) is 0 Å². The maximum Gasteiger partial charge on any atom is -0.0122 e. The quantitative estimate of drug-likeness (QED) is 0.0493. The van der Waals surface area contributed by atoms with Crippen molar-refractivity contribution in [1.82, 2.24) is 0 Å². The van der Waals surface area contributed by atoms with Crippen molar-refractivity contribution in [3.8, 4) is 0 Å². The smallest absolute Gasteiger partial charge is 0.0122 e. The van der Waals surface area contributed by atoms with E-state index in [1.54, 1.807) is 0 Å². The van der Waals surface area contributed by atoms with E-state index in [2.05, 4.69) is 36.9 Å². The van der Waals surface area contributed by atoms with E-state index < -0.39 is 0 Å². The van der Waals surface area contributed by atoms with Gasteiger partial charge in [-0.1, -0.05) is 169 Å². The van der Waals surface area contributed by atoms with Crippen LogP contribution < -0.4 is 0 Å². The van der Waals surface area contributed by atoms with Crippen LogP contribution in [-0.4, -0.2) is 5.16 Å². The van der Waals surface area contributed by atoms with Gasteiger partial charge in [-0.3, -0.25) is 0 Å². The first kappa shape index (κ1) is 37.3. The first-order valence-electron chi connectivity index (χ1n) is 15.9. The monoisotopic (exact) mass is 610 g/mol. The molecule has 0 amide bonds. The van der Waals surface area contributed by atoms with Crippen LogP contribution in [0.15, 0.2) is 0 Å². The second kappa shape index (κ2) is 28.7. The molecule has 0 heterocycles. The highest BCUT2D eigenvalue weighted by Crippen LogP contribution is 2.44. The molecule has 0 radical (unpaired) electrons. The third kappa shape index (κ3) is 22.4. The molecule has 34 heavy (non-hydrogen) atoms. The molecule has 0 aromatic rings. The van der Waals surface area contributed by atoms with E-state index in [1.807, 2.05) is 0 Å². The Morgan fingerprint density at radius 1 is 0.412 bits per heavy atom. The maximum absolute atomic E-state index is 3.49. The summed E-state index contributed by atoms with van der Waals surface area (Å²) in [4.78, 5) is 0. The minimum absolute atomic E-state index is 0. The highest BCUT2D eigenvalue weighted by molar-refractivity contribution is 14.0. The van der Waals surface area contributed by atoms with E-state index in [0.717, 1.165) is 5.92 Å². The number of rotatable bonds is 27. The van der Waals surface area contributed by atoms with E-state index in [9.17, 15) is 0 Å². The van der Waals surface area contributed by atoms with Crippen LogP contribution in [0.5, 0.6) is 0 Å². The fourth-order valence-corrected chi connectivity index (χ4v) is 6.45. The van der Waals surface area contributed by atoms with E-state index in [0.29, 0.717) is 5.16 Å². The molecule has 0 bridgehead atoms. The molecule has 0 aliphatic rings. The summed E-state index contributed by atoms with van der Waals surface area (Å²) in [7, 11) is 3.49. The van der Waals surface area contributed by atoms with Crippen LogP contribution in [0.25, 0.3) is 0 Å². The highest BCUT2D eigenvalue weighted by atomic mass is 127. The molecule has 0 rings (SSSR count). The van der Waals surface area contributed by atoms with Gasteiger partial charge in [-0.25, -0.2) is 0 Å². The number of hydrogen-bond acceptors (Lipinski definition) is 0. The lowest BCUT2D eigenvalue weighted by atomic mass is 9.77. The molecule has 0 aliphatic carbocycles. The second-order valence-corrected chi connectivity index (χ2v) is 12.5. The first-order valence-corrected chi connectivity index (χ1v) is 16.5. The van der Waals surface area contributed by atoms with Crippen LogP contribution in [0.1, 0.15) is 195 Å². The summed E-state index contributed by atoms with van der Waals surface area (Å²) in [6.45, 7) is 9.36. The normalized spacial score (nSPS) is 12.6. The van der Waals surface area contributed by atoms with Crippen LogP contribution in [-0.2, 0) is 0 Å². The SMILES string of the molecule is CCCCCCCCCCCCC(CCCCCC)C(P)(CCCCCC)CCCCCC.I. The Morgan fingerprint density at radius 2 is 0.676 bits per heavy atom. The van der Waals surface area contributed by atoms with E-state index in [1.165, 1.54) is 167 Å². The standard InChI is InChI=1S/C32H67P.HI/c1-5-9-13-17-18-19-20-21-22-24-28-31(27-23-14-10-6-2)32(33,29-25-15-11-7-3)30-26-16-12-8-4;/h31H,5-30,33H2,1-4H3;1H. The summed E-state index contributed by atoms with van der Waals surface area (Å²) in [5, 5.41) is 0.521. The summed E-state index contributed by atoms with van der Waals surface area (Å²) in [6, 6.07) is 0. The third-order valence-electron chi connectivity index (χ3n) is 8.12. The first-order chi connectivity index (χ1) is 16.1. The molecule has 0 saturated carbocycles. The van der Waals surface area contributed by atoms with Crippen LogP contribution in [0.4, 0.5) is 0 Å². The Hall–Kier alpha value is 1.16. The van der Waals surface area contributed by atoms with Crippen molar-refractivity contribution in [3.63, 3.8) is 0 Å². The molecule has 2 unspecified atom stereocenters. The second-order valence-electron chi connectivity index (χ2n) is 11.4. The lowest BCUT2D eigenvalue weighted by Crippen LogP contribution is -2.32. The zero-order valence-electron chi connectivity index (χ0n) is 24.4. The molecule has 0 aliphatic heterocycles. The molecular formula is C32H68IP. The van der Waals surface area contributed by atoms with Crippen molar-refractivity contribution in [2.24, 2.45) is 5.92 Å². The van der Waals surface area contributed by atoms with Gasteiger partial charge in [0.2, 0.25) is 0 Å². The predicted molar refractivity (Wildman–Crippen MR) is 174 cm³/mol. The average molecular weight is 611 g/mol. The van der Waals surface area contributed by atoms with Crippen LogP contribution in [0.2, 0.25) is 0 Å². The van der Waals surface area contributed by atoms with Gasteiger partial charge in [-0.05, 0) is 36.8 Å². The van der Waals surface area contributed by atoms with Crippen molar-refractivity contribution >= 4 is 33.2 Å². The molecule has 0 nitrogen and oxygen atoms in total. The largest absolute Gasteiger partial charge is 0.131 e. The van der Waals surface area contributed by atoms with Crippen LogP contribution in [0, 0.1) is 5.92 Å². The predicted octanol–water partition coefficient (Wildman–Crippen LogP) is 13.1. The van der Waals surface area contributed by atoms with Crippen molar-refractivity contribution in [2.75, 3.05) is 0 Å². The lowest BCUT2D eigenvalue weighted by Gasteiger charge is -2.39. The van der Waals surface area contributed by atoms with E-state index in [4.69, 9.17) is 0 Å². The van der Waals surface area contributed by atoms with Gasteiger partial charge in [0, 0.05) is 0 Å². The van der Waals surface area contributed by atoms with Gasteiger partial charge >= 0.3 is 0 Å². The van der Waals surface area contributed by atoms with Gasteiger partial charge < -0.3 is 0 Å². The molecule has 2 heteroatoms. The molecule has 0 saturated heterocycles. The summed E-state index contributed by atoms with van der Waals surface area (Å²) in [5.41, 5.74) is 0. The number of hydrogen-bond donors (Lipinski definition) is 0. The Balaban J connectivity index is 0. The van der Waals surface area contributed by atoms with E-state index in [-0.39, 0.29) is 24.0 Å². The van der Waals surface area contributed by atoms with Gasteiger partial charge in [0.15, 0.2) is 0 Å². The zero-order valence-corrected chi connectivity index (χ0v) is 27.9. The summed E-state index contributed by atoms with van der Waals surface area (Å²) >= 11 is 0. The van der Waals surface area contributed by atoms with Crippen LogP contribution in [0.3, 0.4) is 0 Å². The fraction of sp³-hybridized carbons (Fsp3) is 1.00. The molecule has 0 aromatic carbocycles. The van der Waals surface area contributed by atoms with Crippen molar-refractivity contribution < 1.29 is 0 Å². The topological polar surface area (TPSA) is 0 Å². The summed E-state index contributed by atoms with van der Waals surface area (Å²) in [5.74, 6) is 0.941. The minimum atomic E-state index is 0. The van der Waals surface area contributed by atoms with Gasteiger partial charge in [0.05, 0.1) is 0 Å². The fourth-order valence-electron chi connectivity index (χ4n) is 5.71. The molecule has 0 N–H and O–H groups in total. The summed E-state index contributed by atoms with van der Waals surface area (Å²) in [6.07, 6.45) is 37.6. The Labute approximate surface area is 238 Å². The lowest BCUT2D eigenvalue weighted by molar-refractivity contribution is 0.270. The number of unbranched alkanes of at least 4 members (excludes halogenated alkanes) is 18. The molecule has 0 spiro atoms. The van der Waals surface area contributed by atoms with Gasteiger partial charge in [0.25, 0.3) is 0 Å². The molecule has 208 valence electrons. The average Bonchev–Trinajstić information content (AvgIpc) is 2.82. The molecule has 0 fully saturated rings. The minimum Gasteiger partial charge on any atom is -0.131 e. The number of halogens is 1. The molecule has 0 aromatic heterocycles. The Bertz CT molecular complexity index is 358. The molecule has 2 atom stereocenters. The van der Waals surface area contributed by atoms with E-state index >= 15 is 0 Å². The van der Waals surface area contributed by atoms with Gasteiger partial charge in [-0.2, -0.15) is 0 Å². The third-order valence-corrected chi connectivity index (χ3v) is 9.17. The Kier molecular flexibility index (Phi) is 31.5. The zero-order chi connectivity index (χ0) is 24.5. The Morgan fingerprint density at radius 3 is 1.03 bits per heavy atom. The van der Waals surface area contributed by atoms with Crippen LogP contribution >= 0.6 is 33.2 Å². The van der Waals surface area contributed by atoms with Gasteiger partial charge in [-0.15, -0.1) is 33.2 Å². The summed E-state index contributed by atoms with van der Waals surface area (Å²) < 4.78 is 0. The van der Waals surface area contributed by atoms with Crippen molar-refractivity contribution in [2.45, 2.75) is 200 Å². The molecular weight excluding hydrogens is 542 g/mol. The maximum atomic E-state index is 3.49. The highest BCUT2D eigenvalue weighted by Gasteiger charge is 2.32. The van der Waals surface area contributed by atoms with Crippen molar-refractivity contribution in [1.29, 1.82) is 0 Å². The van der Waals surface area contributed by atoms with Gasteiger partial charge in [0.1, 0.15) is 0 Å².